The molecule has 0 aliphatic heterocycles. The molecule has 3 heteroatoms. The van der Waals surface area contributed by atoms with E-state index in [0.717, 1.165) is 0 Å². The second-order valence-corrected chi connectivity index (χ2v) is 2.52. The third-order valence-electron chi connectivity index (χ3n) is 1.71. The number of halogens is 1. The molecular weight excluding hydrogens is 169 g/mol. The summed E-state index contributed by atoms with van der Waals surface area (Å²) in [6, 6.07) is 4.14. The van der Waals surface area contributed by atoms with Crippen molar-refractivity contribution in [2.75, 3.05) is 7.05 Å². The summed E-state index contributed by atoms with van der Waals surface area (Å²) in [6.45, 7) is 3.45. The van der Waals surface area contributed by atoms with Gasteiger partial charge in [0.25, 0.3) is 5.91 Å². The number of hydrogen-bond acceptors (Lipinski definition) is 1. The highest BCUT2D eigenvalue weighted by atomic mass is 19.1. The van der Waals surface area contributed by atoms with Crippen LogP contribution in [0.25, 0.3) is 6.08 Å². The molecule has 0 spiro atoms. The van der Waals surface area contributed by atoms with E-state index in [1.54, 1.807) is 0 Å². The second kappa shape index (κ2) is 3.85. The van der Waals surface area contributed by atoms with Gasteiger partial charge in [0.1, 0.15) is 5.82 Å². The number of carbonyl (C=O) groups is 1. The fourth-order valence-electron chi connectivity index (χ4n) is 0.986. The van der Waals surface area contributed by atoms with E-state index >= 15 is 0 Å². The molecule has 0 aromatic heterocycles. The van der Waals surface area contributed by atoms with Gasteiger partial charge in [-0.1, -0.05) is 12.7 Å². The molecule has 0 fully saturated rings. The Hall–Kier alpha value is -1.64. The van der Waals surface area contributed by atoms with E-state index in [1.165, 1.54) is 31.3 Å². The molecule has 0 aliphatic carbocycles. The van der Waals surface area contributed by atoms with Crippen LogP contribution in [0.2, 0.25) is 0 Å². The quantitative estimate of drug-likeness (QED) is 0.737. The van der Waals surface area contributed by atoms with Crippen molar-refractivity contribution in [2.45, 2.75) is 0 Å². The van der Waals surface area contributed by atoms with E-state index in [1.807, 2.05) is 0 Å². The Morgan fingerprint density at radius 2 is 2.31 bits per heavy atom. The number of benzene rings is 1. The molecule has 13 heavy (non-hydrogen) atoms. The van der Waals surface area contributed by atoms with Crippen LogP contribution in [0.3, 0.4) is 0 Å². The maximum atomic E-state index is 12.9. The van der Waals surface area contributed by atoms with E-state index in [2.05, 4.69) is 11.9 Å². The van der Waals surface area contributed by atoms with Gasteiger partial charge in [0.15, 0.2) is 0 Å². The lowest BCUT2D eigenvalue weighted by Crippen LogP contribution is -2.17. The monoisotopic (exact) mass is 179 g/mol. The van der Waals surface area contributed by atoms with Gasteiger partial charge in [-0.3, -0.25) is 4.79 Å². The third-order valence-corrected chi connectivity index (χ3v) is 1.71. The van der Waals surface area contributed by atoms with Gasteiger partial charge in [-0.05, 0) is 18.2 Å². The number of amides is 1. The summed E-state index contributed by atoms with van der Waals surface area (Å²) in [4.78, 5) is 11.1. The Kier molecular flexibility index (Phi) is 2.80. The summed E-state index contributed by atoms with van der Waals surface area (Å²) in [7, 11) is 1.53. The highest BCUT2D eigenvalue weighted by molar-refractivity contribution is 5.94. The average Bonchev–Trinajstić information content (AvgIpc) is 2.17. The van der Waals surface area contributed by atoms with Gasteiger partial charge in [0, 0.05) is 18.2 Å². The summed E-state index contributed by atoms with van der Waals surface area (Å²) >= 11 is 0. The van der Waals surface area contributed by atoms with Crippen LogP contribution in [-0.4, -0.2) is 13.0 Å². The zero-order chi connectivity index (χ0) is 9.84. The van der Waals surface area contributed by atoms with Crippen molar-refractivity contribution in [2.24, 2.45) is 0 Å². The molecule has 68 valence electrons. The van der Waals surface area contributed by atoms with Crippen molar-refractivity contribution in [3.05, 3.63) is 41.7 Å². The Morgan fingerprint density at radius 3 is 2.85 bits per heavy atom. The molecule has 0 atom stereocenters. The summed E-state index contributed by atoms with van der Waals surface area (Å²) in [5.41, 5.74) is 0.764. The van der Waals surface area contributed by atoms with Crippen molar-refractivity contribution in [3.63, 3.8) is 0 Å². The van der Waals surface area contributed by atoms with E-state index in [-0.39, 0.29) is 11.7 Å². The molecule has 1 rings (SSSR count). The minimum Gasteiger partial charge on any atom is -0.355 e. The smallest absolute Gasteiger partial charge is 0.251 e. The first-order valence-electron chi connectivity index (χ1n) is 3.83. The molecule has 1 aromatic carbocycles. The molecule has 0 aliphatic rings. The lowest BCUT2D eigenvalue weighted by molar-refractivity contribution is 0.0963. The highest BCUT2D eigenvalue weighted by Crippen LogP contribution is 2.11. The maximum Gasteiger partial charge on any atom is 0.251 e. The van der Waals surface area contributed by atoms with Crippen LogP contribution in [0.5, 0.6) is 0 Å². The largest absolute Gasteiger partial charge is 0.355 e. The fraction of sp³-hybridized carbons (Fsp3) is 0.100. The van der Waals surface area contributed by atoms with Crippen LogP contribution in [0.15, 0.2) is 24.8 Å². The lowest BCUT2D eigenvalue weighted by Gasteiger charge is -2.01. The van der Waals surface area contributed by atoms with Crippen LogP contribution in [0, 0.1) is 5.82 Å². The molecule has 0 unspecified atom stereocenters. The standard InChI is InChI=1S/C10H10FNO/c1-3-7-6-8(10(13)12-2)4-5-9(7)11/h3-6H,1H2,2H3,(H,12,13). The molecule has 1 amide bonds. The van der Waals surface area contributed by atoms with Gasteiger partial charge in [0.2, 0.25) is 0 Å². The van der Waals surface area contributed by atoms with Gasteiger partial charge in [-0.15, -0.1) is 0 Å². The van der Waals surface area contributed by atoms with Gasteiger partial charge >= 0.3 is 0 Å². The molecule has 1 aromatic rings. The topological polar surface area (TPSA) is 29.1 Å². The Balaban J connectivity index is 3.13. The first-order chi connectivity index (χ1) is 6.19. The minimum atomic E-state index is -0.373. The Labute approximate surface area is 76.1 Å². The predicted octanol–water partition coefficient (Wildman–Crippen LogP) is 1.83. The van der Waals surface area contributed by atoms with E-state index in [0.29, 0.717) is 11.1 Å². The van der Waals surface area contributed by atoms with Gasteiger partial charge in [-0.2, -0.15) is 0 Å². The van der Waals surface area contributed by atoms with E-state index in [9.17, 15) is 9.18 Å². The van der Waals surface area contributed by atoms with Crippen molar-refractivity contribution >= 4 is 12.0 Å². The normalized spacial score (nSPS) is 9.38. The molecule has 2 nitrogen and oxygen atoms in total. The average molecular weight is 179 g/mol. The maximum absolute atomic E-state index is 12.9. The van der Waals surface area contributed by atoms with Crippen LogP contribution in [0.4, 0.5) is 4.39 Å². The van der Waals surface area contributed by atoms with Crippen molar-refractivity contribution in [1.82, 2.24) is 5.32 Å². The van der Waals surface area contributed by atoms with Crippen LogP contribution in [0.1, 0.15) is 15.9 Å². The molecule has 0 heterocycles. The SMILES string of the molecule is C=Cc1cc(C(=O)NC)ccc1F. The molecule has 1 N–H and O–H groups in total. The number of hydrogen-bond donors (Lipinski definition) is 1. The Bertz CT molecular complexity index is 347. The third kappa shape index (κ3) is 1.93. The van der Waals surface area contributed by atoms with Crippen molar-refractivity contribution in [1.29, 1.82) is 0 Å². The first-order valence-corrected chi connectivity index (χ1v) is 3.83. The van der Waals surface area contributed by atoms with Crippen molar-refractivity contribution < 1.29 is 9.18 Å². The summed E-state index contributed by atoms with van der Waals surface area (Å²) in [5.74, 6) is -0.606. The lowest BCUT2D eigenvalue weighted by atomic mass is 10.1. The number of rotatable bonds is 2. The minimum absolute atomic E-state index is 0.233. The zero-order valence-corrected chi connectivity index (χ0v) is 7.30. The van der Waals surface area contributed by atoms with Crippen molar-refractivity contribution in [3.8, 4) is 0 Å². The zero-order valence-electron chi connectivity index (χ0n) is 7.30. The van der Waals surface area contributed by atoms with E-state index < -0.39 is 0 Å². The van der Waals surface area contributed by atoms with Gasteiger partial charge < -0.3 is 5.32 Å². The van der Waals surface area contributed by atoms with E-state index in [4.69, 9.17) is 0 Å². The van der Waals surface area contributed by atoms with Crippen LogP contribution >= 0.6 is 0 Å². The molecular formula is C10H10FNO. The molecule has 0 saturated carbocycles. The van der Waals surface area contributed by atoms with Crippen LogP contribution < -0.4 is 5.32 Å². The summed E-state index contributed by atoms with van der Waals surface area (Å²) in [6.07, 6.45) is 1.38. The van der Waals surface area contributed by atoms with Gasteiger partial charge in [0.05, 0.1) is 0 Å². The molecule has 0 saturated heterocycles. The van der Waals surface area contributed by atoms with Gasteiger partial charge in [-0.25, -0.2) is 4.39 Å². The summed E-state index contributed by atoms with van der Waals surface area (Å²) < 4.78 is 12.9. The first kappa shape index (κ1) is 9.45. The number of nitrogens with one attached hydrogen (secondary N) is 1. The summed E-state index contributed by atoms with van der Waals surface area (Å²) in [5, 5.41) is 2.46. The second-order valence-electron chi connectivity index (χ2n) is 2.52. The van der Waals surface area contributed by atoms with Crippen LogP contribution in [-0.2, 0) is 0 Å². The predicted molar refractivity (Wildman–Crippen MR) is 49.9 cm³/mol. The Morgan fingerprint density at radius 1 is 1.62 bits per heavy atom. The molecule has 0 radical (unpaired) electrons. The highest BCUT2D eigenvalue weighted by Gasteiger charge is 2.05. The number of carbonyl (C=O) groups excluding carboxylic acids is 1. The fourth-order valence-corrected chi connectivity index (χ4v) is 0.986. The molecule has 0 bridgehead atoms.